The summed E-state index contributed by atoms with van der Waals surface area (Å²) in [4.78, 5) is 0.283. The van der Waals surface area contributed by atoms with Gasteiger partial charge in [-0.3, -0.25) is 0 Å². The van der Waals surface area contributed by atoms with E-state index >= 15 is 0 Å². The standard InChI is InChI=1S/C31H40N2O6S/c1-2-3-21-37-28-13-15-31(16-14-28)40(35,36)33-19-17-26(18-20-33)32-22-27(34)24-39-30-11-9-29(10-12-30)38-23-25-7-5-4-6-8-25/h4-16,26-27,32,34H,2-3,17-24H2,1H3/t27-/m0/s1. The number of aliphatic hydroxyl groups is 1. The van der Waals surface area contributed by atoms with Crippen molar-refractivity contribution in [3.05, 3.63) is 84.4 Å². The van der Waals surface area contributed by atoms with Gasteiger partial charge in [0.1, 0.15) is 36.6 Å². The quantitative estimate of drug-likeness (QED) is 0.258. The third kappa shape index (κ3) is 8.96. The fraction of sp³-hybridized carbons (Fsp3) is 0.419. The number of hydrogen-bond acceptors (Lipinski definition) is 7. The predicted molar refractivity (Wildman–Crippen MR) is 155 cm³/mol. The zero-order chi connectivity index (χ0) is 28.2. The first-order valence-corrected chi connectivity index (χ1v) is 15.4. The van der Waals surface area contributed by atoms with Gasteiger partial charge in [0.25, 0.3) is 0 Å². The van der Waals surface area contributed by atoms with Gasteiger partial charge in [0.15, 0.2) is 0 Å². The highest BCUT2D eigenvalue weighted by Crippen LogP contribution is 2.23. The fourth-order valence-corrected chi connectivity index (χ4v) is 5.89. The lowest BCUT2D eigenvalue weighted by molar-refractivity contribution is 0.101. The van der Waals surface area contributed by atoms with Gasteiger partial charge in [0.05, 0.1) is 11.5 Å². The molecule has 1 aliphatic heterocycles. The van der Waals surface area contributed by atoms with E-state index in [1.165, 1.54) is 4.31 Å². The van der Waals surface area contributed by atoms with E-state index in [0.717, 1.165) is 24.2 Å². The van der Waals surface area contributed by atoms with Gasteiger partial charge in [-0.25, -0.2) is 8.42 Å². The van der Waals surface area contributed by atoms with Crippen molar-refractivity contribution in [1.29, 1.82) is 0 Å². The first-order valence-electron chi connectivity index (χ1n) is 14.0. The minimum absolute atomic E-state index is 0.136. The topological polar surface area (TPSA) is 97.3 Å². The van der Waals surface area contributed by atoms with Crippen LogP contribution < -0.4 is 19.5 Å². The lowest BCUT2D eigenvalue weighted by Crippen LogP contribution is -2.47. The predicted octanol–water partition coefficient (Wildman–Crippen LogP) is 4.63. The summed E-state index contributed by atoms with van der Waals surface area (Å²) < 4.78 is 44.8. The number of rotatable bonds is 15. The Labute approximate surface area is 237 Å². The first kappa shape index (κ1) is 29.9. The van der Waals surface area contributed by atoms with Crippen LogP contribution in [0.1, 0.15) is 38.2 Å². The highest BCUT2D eigenvalue weighted by atomic mass is 32.2. The van der Waals surface area contributed by atoms with E-state index in [1.54, 1.807) is 24.3 Å². The Bertz CT molecular complexity index is 1250. The molecule has 9 heteroatoms. The molecule has 216 valence electrons. The molecule has 0 amide bonds. The molecule has 0 unspecified atom stereocenters. The van der Waals surface area contributed by atoms with Crippen LogP contribution in [0.15, 0.2) is 83.8 Å². The van der Waals surface area contributed by atoms with Gasteiger partial charge in [-0.05, 0) is 73.4 Å². The SMILES string of the molecule is CCCCOc1ccc(S(=O)(=O)N2CCC(NC[C@H](O)COc3ccc(OCc4ccccc4)cc3)CC2)cc1. The smallest absolute Gasteiger partial charge is 0.243 e. The summed E-state index contributed by atoms with van der Waals surface area (Å²) in [5.41, 5.74) is 1.10. The minimum Gasteiger partial charge on any atom is -0.494 e. The van der Waals surface area contributed by atoms with E-state index < -0.39 is 16.1 Å². The van der Waals surface area contributed by atoms with Gasteiger partial charge in [0.2, 0.25) is 10.0 Å². The highest BCUT2D eigenvalue weighted by Gasteiger charge is 2.29. The average molecular weight is 569 g/mol. The van der Waals surface area contributed by atoms with Crippen LogP contribution in [0.3, 0.4) is 0 Å². The van der Waals surface area contributed by atoms with Crippen LogP contribution in [0.25, 0.3) is 0 Å². The van der Waals surface area contributed by atoms with Crippen molar-refractivity contribution in [2.24, 2.45) is 0 Å². The van der Waals surface area contributed by atoms with Crippen LogP contribution in [0, 0.1) is 0 Å². The van der Waals surface area contributed by atoms with Crippen molar-refractivity contribution in [1.82, 2.24) is 9.62 Å². The molecule has 1 saturated heterocycles. The number of piperidine rings is 1. The van der Waals surface area contributed by atoms with Crippen molar-refractivity contribution >= 4 is 10.0 Å². The van der Waals surface area contributed by atoms with E-state index in [2.05, 4.69) is 12.2 Å². The lowest BCUT2D eigenvalue weighted by atomic mass is 10.1. The Morgan fingerprint density at radius 3 is 2.12 bits per heavy atom. The van der Waals surface area contributed by atoms with Crippen molar-refractivity contribution in [2.75, 3.05) is 32.8 Å². The minimum atomic E-state index is -3.55. The van der Waals surface area contributed by atoms with Crippen molar-refractivity contribution < 1.29 is 27.7 Å². The van der Waals surface area contributed by atoms with E-state index in [-0.39, 0.29) is 17.5 Å². The maximum absolute atomic E-state index is 13.1. The molecule has 1 atom stereocenters. The van der Waals surface area contributed by atoms with E-state index in [4.69, 9.17) is 14.2 Å². The number of nitrogens with one attached hydrogen (secondary N) is 1. The summed E-state index contributed by atoms with van der Waals surface area (Å²) in [5, 5.41) is 13.8. The molecule has 1 fully saturated rings. The van der Waals surface area contributed by atoms with Crippen LogP contribution in [0.5, 0.6) is 17.2 Å². The Hall–Kier alpha value is -3.11. The second-order valence-corrected chi connectivity index (χ2v) is 11.9. The molecule has 4 rings (SSSR count). The number of unbranched alkanes of at least 4 members (excludes halogenated alkanes) is 1. The maximum Gasteiger partial charge on any atom is 0.243 e. The average Bonchev–Trinajstić information content (AvgIpc) is 2.99. The number of ether oxygens (including phenoxy) is 3. The molecular formula is C31H40N2O6S. The van der Waals surface area contributed by atoms with Gasteiger partial charge in [-0.15, -0.1) is 0 Å². The second kappa shape index (κ2) is 15.0. The molecule has 8 nitrogen and oxygen atoms in total. The van der Waals surface area contributed by atoms with Crippen LogP contribution in [-0.2, 0) is 16.6 Å². The maximum atomic E-state index is 13.1. The number of hydrogen-bond donors (Lipinski definition) is 2. The van der Waals surface area contributed by atoms with Gasteiger partial charge >= 0.3 is 0 Å². The molecule has 0 bridgehead atoms. The van der Waals surface area contributed by atoms with E-state index in [0.29, 0.717) is 57.2 Å². The van der Waals surface area contributed by atoms with Gasteiger partial charge in [-0.2, -0.15) is 4.31 Å². The highest BCUT2D eigenvalue weighted by molar-refractivity contribution is 7.89. The molecule has 1 heterocycles. The van der Waals surface area contributed by atoms with Crippen molar-refractivity contribution in [3.8, 4) is 17.2 Å². The van der Waals surface area contributed by atoms with Crippen LogP contribution in [0.4, 0.5) is 0 Å². The van der Waals surface area contributed by atoms with Crippen LogP contribution in [-0.4, -0.2) is 62.8 Å². The van der Waals surface area contributed by atoms with E-state index in [9.17, 15) is 13.5 Å². The summed E-state index contributed by atoms with van der Waals surface area (Å²) in [7, 11) is -3.55. The first-order chi connectivity index (χ1) is 19.4. The Morgan fingerprint density at radius 2 is 1.48 bits per heavy atom. The molecule has 1 aliphatic rings. The summed E-state index contributed by atoms with van der Waals surface area (Å²) in [6.07, 6.45) is 2.68. The van der Waals surface area contributed by atoms with Gasteiger partial charge < -0.3 is 24.6 Å². The van der Waals surface area contributed by atoms with Crippen molar-refractivity contribution in [3.63, 3.8) is 0 Å². The Balaban J connectivity index is 1.14. The van der Waals surface area contributed by atoms with Crippen LogP contribution in [0.2, 0.25) is 0 Å². The van der Waals surface area contributed by atoms with E-state index in [1.807, 2.05) is 54.6 Å². The number of nitrogens with zero attached hydrogens (tertiary/aromatic N) is 1. The molecule has 0 saturated carbocycles. The summed E-state index contributed by atoms with van der Waals surface area (Å²) in [6, 6.07) is 24.1. The van der Waals surface area contributed by atoms with Crippen LogP contribution >= 0.6 is 0 Å². The molecular weight excluding hydrogens is 528 g/mol. The third-order valence-corrected chi connectivity index (χ3v) is 8.75. The molecule has 0 spiro atoms. The summed E-state index contributed by atoms with van der Waals surface area (Å²) in [6.45, 7) is 4.61. The largest absolute Gasteiger partial charge is 0.494 e. The Morgan fingerprint density at radius 1 is 0.875 bits per heavy atom. The zero-order valence-corrected chi connectivity index (χ0v) is 23.9. The monoisotopic (exact) mass is 568 g/mol. The lowest BCUT2D eigenvalue weighted by Gasteiger charge is -2.32. The molecule has 0 aromatic heterocycles. The summed E-state index contributed by atoms with van der Waals surface area (Å²) in [5.74, 6) is 2.09. The zero-order valence-electron chi connectivity index (χ0n) is 23.1. The molecule has 40 heavy (non-hydrogen) atoms. The molecule has 0 radical (unpaired) electrons. The number of aliphatic hydroxyl groups excluding tert-OH is 1. The third-order valence-electron chi connectivity index (χ3n) is 6.84. The molecule has 0 aliphatic carbocycles. The fourth-order valence-electron chi connectivity index (χ4n) is 4.42. The second-order valence-electron chi connectivity index (χ2n) is 9.97. The summed E-state index contributed by atoms with van der Waals surface area (Å²) >= 11 is 0. The molecule has 3 aromatic rings. The normalized spacial score (nSPS) is 15.4. The molecule has 3 aromatic carbocycles. The molecule has 2 N–H and O–H groups in total. The Kier molecular flexibility index (Phi) is 11.2. The van der Waals surface area contributed by atoms with Gasteiger partial charge in [0, 0.05) is 25.7 Å². The number of sulfonamides is 1. The number of benzene rings is 3. The van der Waals surface area contributed by atoms with Gasteiger partial charge in [-0.1, -0.05) is 43.7 Å². The van der Waals surface area contributed by atoms with Crippen molar-refractivity contribution in [2.45, 2.75) is 56.3 Å².